The first kappa shape index (κ1) is 13.1. The van der Waals surface area contributed by atoms with E-state index in [-0.39, 0.29) is 5.82 Å². The molecule has 1 aromatic rings. The van der Waals surface area contributed by atoms with Gasteiger partial charge in [0.2, 0.25) is 0 Å². The lowest BCUT2D eigenvalue weighted by Crippen LogP contribution is -2.15. The molecule has 1 N–H and O–H groups in total. The number of halogens is 1. The molecule has 1 aromatic carbocycles. The molecule has 2 saturated carbocycles. The van der Waals surface area contributed by atoms with E-state index >= 15 is 0 Å². The molecule has 2 aliphatic rings. The van der Waals surface area contributed by atoms with Crippen LogP contribution in [0.1, 0.15) is 54.9 Å². The molecule has 104 valence electrons. The van der Waals surface area contributed by atoms with E-state index in [1.165, 1.54) is 37.8 Å². The van der Waals surface area contributed by atoms with Crippen molar-refractivity contribution in [2.75, 3.05) is 0 Å². The summed E-state index contributed by atoms with van der Waals surface area (Å²) in [5.41, 5.74) is 2.71. The van der Waals surface area contributed by atoms with Crippen LogP contribution in [-0.2, 0) is 0 Å². The number of benzene rings is 1. The Bertz CT molecular complexity index is 459. The first-order valence-electron chi connectivity index (χ1n) is 7.49. The number of hydrogen-bond donors (Lipinski definition) is 1. The maximum atomic E-state index is 13.3. The summed E-state index contributed by atoms with van der Waals surface area (Å²) in [5.74, 6) is 2.22. The smallest absolute Gasteiger partial charge is 0.123 e. The Morgan fingerprint density at radius 1 is 1.21 bits per heavy atom. The van der Waals surface area contributed by atoms with Gasteiger partial charge < -0.3 is 5.11 Å². The maximum Gasteiger partial charge on any atom is 0.123 e. The Hall–Kier alpha value is -0.890. The Kier molecular flexibility index (Phi) is 3.38. The molecule has 4 atom stereocenters. The fourth-order valence-corrected chi connectivity index (χ4v) is 4.52. The van der Waals surface area contributed by atoms with E-state index in [9.17, 15) is 9.50 Å². The molecule has 0 radical (unpaired) electrons. The molecule has 4 unspecified atom stereocenters. The lowest BCUT2D eigenvalue weighted by Gasteiger charge is -2.26. The summed E-state index contributed by atoms with van der Waals surface area (Å²) in [6, 6.07) is 3.07. The number of rotatable bonds is 3. The van der Waals surface area contributed by atoms with Gasteiger partial charge in [0.05, 0.1) is 6.10 Å². The number of hydrogen-bond acceptors (Lipinski definition) is 1. The minimum absolute atomic E-state index is 0.203. The predicted octanol–water partition coefficient (Wildman–Crippen LogP) is 4.30. The molecule has 2 heteroatoms. The first-order valence-corrected chi connectivity index (χ1v) is 7.49. The Morgan fingerprint density at radius 3 is 2.42 bits per heavy atom. The molecule has 0 aliphatic heterocycles. The zero-order chi connectivity index (χ0) is 13.6. The van der Waals surface area contributed by atoms with Crippen molar-refractivity contribution in [1.82, 2.24) is 0 Å². The van der Waals surface area contributed by atoms with Gasteiger partial charge in [-0.3, -0.25) is 0 Å². The second kappa shape index (κ2) is 4.90. The first-order chi connectivity index (χ1) is 9.04. The molecule has 1 nitrogen and oxygen atoms in total. The molecule has 2 bridgehead atoms. The van der Waals surface area contributed by atoms with Gasteiger partial charge in [0.15, 0.2) is 0 Å². The molecule has 0 aromatic heterocycles. The molecule has 2 aliphatic carbocycles. The summed E-state index contributed by atoms with van der Waals surface area (Å²) >= 11 is 0. The quantitative estimate of drug-likeness (QED) is 0.861. The molecule has 0 amide bonds. The average molecular weight is 262 g/mol. The van der Waals surface area contributed by atoms with Crippen molar-refractivity contribution in [2.45, 2.75) is 52.1 Å². The molecule has 0 spiro atoms. The minimum Gasteiger partial charge on any atom is -0.388 e. The summed E-state index contributed by atoms with van der Waals surface area (Å²) < 4.78 is 13.3. The van der Waals surface area contributed by atoms with Gasteiger partial charge in [0.1, 0.15) is 5.82 Å². The van der Waals surface area contributed by atoms with Gasteiger partial charge in [-0.1, -0.05) is 6.42 Å². The zero-order valence-electron chi connectivity index (χ0n) is 11.8. The van der Waals surface area contributed by atoms with Crippen molar-refractivity contribution < 1.29 is 9.50 Å². The predicted molar refractivity (Wildman–Crippen MR) is 74.4 cm³/mol. The highest BCUT2D eigenvalue weighted by Crippen LogP contribution is 2.51. The zero-order valence-corrected chi connectivity index (χ0v) is 11.8. The number of fused-ring (bicyclic) bond motifs is 2. The molecule has 2 fully saturated rings. The van der Waals surface area contributed by atoms with Crippen molar-refractivity contribution in [3.8, 4) is 0 Å². The lowest BCUT2D eigenvalue weighted by atomic mass is 9.82. The van der Waals surface area contributed by atoms with E-state index in [2.05, 4.69) is 0 Å². The summed E-state index contributed by atoms with van der Waals surface area (Å²) in [5, 5.41) is 10.5. The van der Waals surface area contributed by atoms with Crippen LogP contribution in [0.4, 0.5) is 4.39 Å². The third-order valence-corrected chi connectivity index (χ3v) is 5.30. The van der Waals surface area contributed by atoms with Gasteiger partial charge in [0, 0.05) is 0 Å². The fraction of sp³-hybridized carbons (Fsp3) is 0.647. The van der Waals surface area contributed by atoms with E-state index < -0.39 is 6.10 Å². The van der Waals surface area contributed by atoms with Crippen LogP contribution in [-0.4, -0.2) is 5.11 Å². The highest BCUT2D eigenvalue weighted by molar-refractivity contribution is 5.36. The van der Waals surface area contributed by atoms with Gasteiger partial charge >= 0.3 is 0 Å². The maximum absolute atomic E-state index is 13.3. The monoisotopic (exact) mass is 262 g/mol. The van der Waals surface area contributed by atoms with Crippen molar-refractivity contribution >= 4 is 0 Å². The van der Waals surface area contributed by atoms with E-state index in [0.29, 0.717) is 5.92 Å². The van der Waals surface area contributed by atoms with E-state index in [1.54, 1.807) is 0 Å². The molecule has 19 heavy (non-hydrogen) atoms. The Morgan fingerprint density at radius 2 is 1.89 bits per heavy atom. The Labute approximate surface area is 114 Å². The largest absolute Gasteiger partial charge is 0.388 e. The van der Waals surface area contributed by atoms with Crippen LogP contribution in [0.5, 0.6) is 0 Å². The van der Waals surface area contributed by atoms with Crippen LogP contribution in [0.15, 0.2) is 12.1 Å². The number of aliphatic hydroxyl groups excluding tert-OH is 1. The highest BCUT2D eigenvalue weighted by atomic mass is 19.1. The van der Waals surface area contributed by atoms with E-state index in [0.717, 1.165) is 34.9 Å². The SMILES string of the molecule is Cc1cc(F)cc(C)c1C(O)CC1CC2CCC1C2. The van der Waals surface area contributed by atoms with Gasteiger partial charge in [-0.05, 0) is 86.1 Å². The molecule has 0 heterocycles. The molecular formula is C17H23FO. The Balaban J connectivity index is 1.75. The second-order valence-corrected chi connectivity index (χ2v) is 6.64. The summed E-state index contributed by atoms with van der Waals surface area (Å²) in [6.45, 7) is 3.80. The minimum atomic E-state index is -0.426. The third kappa shape index (κ3) is 2.43. The van der Waals surface area contributed by atoms with Crippen molar-refractivity contribution in [2.24, 2.45) is 17.8 Å². The second-order valence-electron chi connectivity index (χ2n) is 6.64. The summed E-state index contributed by atoms with van der Waals surface area (Å²) in [7, 11) is 0. The van der Waals surface area contributed by atoms with Crippen LogP contribution >= 0.6 is 0 Å². The normalized spacial score (nSPS) is 30.8. The van der Waals surface area contributed by atoms with Crippen molar-refractivity contribution in [3.05, 3.63) is 34.6 Å². The van der Waals surface area contributed by atoms with Gasteiger partial charge in [0.25, 0.3) is 0 Å². The topological polar surface area (TPSA) is 20.2 Å². The number of aryl methyl sites for hydroxylation is 2. The van der Waals surface area contributed by atoms with Crippen LogP contribution in [0, 0.1) is 37.4 Å². The molecule has 3 rings (SSSR count). The van der Waals surface area contributed by atoms with Crippen molar-refractivity contribution in [1.29, 1.82) is 0 Å². The highest BCUT2D eigenvalue weighted by Gasteiger charge is 2.40. The van der Waals surface area contributed by atoms with Gasteiger partial charge in [-0.15, -0.1) is 0 Å². The van der Waals surface area contributed by atoms with Crippen LogP contribution in [0.3, 0.4) is 0 Å². The van der Waals surface area contributed by atoms with Crippen LogP contribution < -0.4 is 0 Å². The standard InChI is InChI=1S/C17H23FO/c1-10-5-15(18)6-11(2)17(10)16(19)9-14-8-12-3-4-13(14)7-12/h5-6,12-14,16,19H,3-4,7-9H2,1-2H3. The van der Waals surface area contributed by atoms with E-state index in [4.69, 9.17) is 0 Å². The lowest BCUT2D eigenvalue weighted by molar-refractivity contribution is 0.124. The van der Waals surface area contributed by atoms with Gasteiger partial charge in [-0.25, -0.2) is 4.39 Å². The fourth-order valence-electron chi connectivity index (χ4n) is 4.52. The average Bonchev–Trinajstić information content (AvgIpc) is 2.89. The molecular weight excluding hydrogens is 239 g/mol. The van der Waals surface area contributed by atoms with E-state index in [1.807, 2.05) is 13.8 Å². The summed E-state index contributed by atoms with van der Waals surface area (Å²) in [4.78, 5) is 0. The van der Waals surface area contributed by atoms with Crippen molar-refractivity contribution in [3.63, 3.8) is 0 Å². The van der Waals surface area contributed by atoms with Gasteiger partial charge in [-0.2, -0.15) is 0 Å². The van der Waals surface area contributed by atoms with Crippen LogP contribution in [0.2, 0.25) is 0 Å². The molecule has 0 saturated heterocycles. The van der Waals surface area contributed by atoms with Crippen LogP contribution in [0.25, 0.3) is 0 Å². The third-order valence-electron chi connectivity index (χ3n) is 5.30. The number of aliphatic hydroxyl groups is 1. The summed E-state index contributed by atoms with van der Waals surface area (Å²) in [6.07, 6.45) is 5.84.